The Kier molecular flexibility index (Phi) is 9.56. The number of halogens is 1. The Morgan fingerprint density at radius 1 is 1.24 bits per heavy atom. The fourth-order valence-corrected chi connectivity index (χ4v) is 2.81. The van der Waals surface area contributed by atoms with Crippen molar-refractivity contribution in [1.29, 1.82) is 0 Å². The third kappa shape index (κ3) is 7.37. The van der Waals surface area contributed by atoms with Crippen LogP contribution in [0.25, 0.3) is 11.0 Å². The summed E-state index contributed by atoms with van der Waals surface area (Å²) in [4.78, 5) is 15.1. The van der Waals surface area contributed by atoms with Crippen molar-refractivity contribution in [3.05, 3.63) is 52.4 Å². The van der Waals surface area contributed by atoms with E-state index in [2.05, 4.69) is 10.1 Å². The first-order valence-corrected chi connectivity index (χ1v) is 10.5. The van der Waals surface area contributed by atoms with Crippen molar-refractivity contribution >= 4 is 28.5 Å². The molecule has 3 rings (SSSR count). The van der Waals surface area contributed by atoms with E-state index in [9.17, 15) is 4.79 Å². The largest absolute Gasteiger partial charge is 0.483 e. The first-order valence-electron chi connectivity index (χ1n) is 10.1. The highest BCUT2D eigenvalue weighted by atomic mass is 35.5. The molecule has 33 heavy (non-hydrogen) atoms. The van der Waals surface area contributed by atoms with Gasteiger partial charge in [0.15, 0.2) is 5.58 Å². The fraction of sp³-hybridized carbons (Fsp3) is 0.409. The van der Waals surface area contributed by atoms with E-state index >= 15 is 0 Å². The molecular formula is C22H28ClN3O7. The Morgan fingerprint density at radius 3 is 2.42 bits per heavy atom. The minimum atomic E-state index is -1.21. The molecule has 0 spiro atoms. The van der Waals surface area contributed by atoms with E-state index in [1.54, 1.807) is 18.3 Å². The third-order valence-electron chi connectivity index (χ3n) is 4.77. The number of aryl methyl sites for hydroxylation is 2. The zero-order chi connectivity index (χ0) is 24.6. The van der Waals surface area contributed by atoms with Gasteiger partial charge in [-0.2, -0.15) is 0 Å². The second-order valence-corrected chi connectivity index (χ2v) is 8.07. The Balaban J connectivity index is 0.000000414. The molecule has 0 radical (unpaired) electrons. The number of fused-ring (bicyclic) bond motifs is 1. The Morgan fingerprint density at radius 2 is 1.91 bits per heavy atom. The number of aliphatic hydroxyl groups excluding tert-OH is 3. The molecule has 0 unspecified atom stereocenters. The lowest BCUT2D eigenvalue weighted by molar-refractivity contribution is -0.136. The van der Waals surface area contributed by atoms with Crippen LogP contribution in [0.15, 0.2) is 35.0 Å². The standard InChI is InChI=1S/C18H17ClN2O4.C4H11NO3/c1-10-3-4-14(20-9-10)11(2)24-17-8-16-12(7-13(17)19)15(21-25-16)5-6-18(22)23;5-4(1-6,2-7)3-8/h3-4,7-9,11H,5-6H2,1-2H3,(H,22,23);6-8H,1-3,5H2/t11-;/m1./s1. The summed E-state index contributed by atoms with van der Waals surface area (Å²) in [5, 5.41) is 38.9. The molecule has 0 bridgehead atoms. The van der Waals surface area contributed by atoms with Gasteiger partial charge in [-0.3, -0.25) is 9.78 Å². The van der Waals surface area contributed by atoms with Crippen molar-refractivity contribution in [2.45, 2.75) is 38.3 Å². The van der Waals surface area contributed by atoms with Crippen LogP contribution in [0.2, 0.25) is 5.02 Å². The Bertz CT molecular complexity index is 1040. The molecule has 1 aromatic carbocycles. The number of rotatable bonds is 9. The highest BCUT2D eigenvalue weighted by molar-refractivity contribution is 6.32. The predicted molar refractivity (Wildman–Crippen MR) is 121 cm³/mol. The highest BCUT2D eigenvalue weighted by Crippen LogP contribution is 2.34. The number of nitrogens with two attached hydrogens (primary N) is 1. The average Bonchev–Trinajstić information content (AvgIpc) is 3.19. The van der Waals surface area contributed by atoms with Gasteiger partial charge in [-0.05, 0) is 31.5 Å². The number of nitrogens with zero attached hydrogens (tertiary/aromatic N) is 2. The van der Waals surface area contributed by atoms with Crippen LogP contribution in [0, 0.1) is 6.92 Å². The summed E-state index contributed by atoms with van der Waals surface area (Å²) in [6.45, 7) is 2.65. The van der Waals surface area contributed by atoms with Gasteiger partial charge in [0.05, 0.1) is 48.2 Å². The zero-order valence-corrected chi connectivity index (χ0v) is 19.1. The van der Waals surface area contributed by atoms with Crippen LogP contribution in [0.3, 0.4) is 0 Å². The lowest BCUT2D eigenvalue weighted by Gasteiger charge is -2.20. The van der Waals surface area contributed by atoms with E-state index in [1.165, 1.54) is 0 Å². The molecule has 0 aliphatic rings. The fourth-order valence-electron chi connectivity index (χ4n) is 2.61. The molecule has 0 fully saturated rings. The summed E-state index contributed by atoms with van der Waals surface area (Å²) < 4.78 is 11.2. The van der Waals surface area contributed by atoms with Crippen molar-refractivity contribution in [3.63, 3.8) is 0 Å². The van der Waals surface area contributed by atoms with Crippen LogP contribution in [0.4, 0.5) is 0 Å². The van der Waals surface area contributed by atoms with E-state index < -0.39 is 31.3 Å². The molecule has 1 atom stereocenters. The number of hydrogen-bond donors (Lipinski definition) is 5. The number of aliphatic carboxylic acids is 1. The van der Waals surface area contributed by atoms with Crippen LogP contribution in [-0.4, -0.2) is 61.9 Å². The molecule has 10 nitrogen and oxygen atoms in total. The summed E-state index contributed by atoms with van der Waals surface area (Å²) in [5.41, 5.74) is 6.88. The second kappa shape index (κ2) is 11.9. The molecule has 180 valence electrons. The van der Waals surface area contributed by atoms with Crippen molar-refractivity contribution in [2.75, 3.05) is 19.8 Å². The van der Waals surface area contributed by atoms with Crippen LogP contribution >= 0.6 is 11.6 Å². The number of carbonyl (C=O) groups is 1. The van der Waals surface area contributed by atoms with Gasteiger partial charge in [0, 0.05) is 24.1 Å². The number of aromatic nitrogens is 2. The number of carboxylic acids is 1. The molecule has 0 aliphatic carbocycles. The maximum absolute atomic E-state index is 10.7. The number of hydrogen-bond acceptors (Lipinski definition) is 9. The van der Waals surface area contributed by atoms with Gasteiger partial charge in [0.2, 0.25) is 0 Å². The molecule has 0 saturated carbocycles. The van der Waals surface area contributed by atoms with E-state index in [-0.39, 0.29) is 18.9 Å². The normalized spacial score (nSPS) is 12.2. The maximum Gasteiger partial charge on any atom is 0.303 e. The summed E-state index contributed by atoms with van der Waals surface area (Å²) in [6, 6.07) is 7.23. The van der Waals surface area contributed by atoms with E-state index in [4.69, 9.17) is 47.0 Å². The summed E-state index contributed by atoms with van der Waals surface area (Å²) in [5.74, 6) is -0.424. The first kappa shape index (κ1) is 26.5. The second-order valence-electron chi connectivity index (χ2n) is 7.66. The number of aliphatic hydroxyl groups is 3. The van der Waals surface area contributed by atoms with Gasteiger partial charge in [0.25, 0.3) is 0 Å². The SMILES string of the molecule is Cc1ccc([C@@H](C)Oc2cc3onc(CCC(=O)O)c3cc2Cl)nc1.NC(CO)(CO)CO. The zero-order valence-electron chi connectivity index (χ0n) is 18.4. The molecule has 0 amide bonds. The van der Waals surface area contributed by atoms with Gasteiger partial charge in [-0.25, -0.2) is 0 Å². The van der Waals surface area contributed by atoms with E-state index in [0.29, 0.717) is 27.4 Å². The van der Waals surface area contributed by atoms with Crippen LogP contribution in [-0.2, 0) is 11.2 Å². The lowest BCUT2D eigenvalue weighted by Crippen LogP contribution is -2.50. The Hall–Kier alpha value is -2.76. The first-order chi connectivity index (χ1) is 15.6. The van der Waals surface area contributed by atoms with Crippen molar-refractivity contribution < 1.29 is 34.5 Å². The van der Waals surface area contributed by atoms with Gasteiger partial charge in [-0.1, -0.05) is 22.8 Å². The minimum Gasteiger partial charge on any atom is -0.483 e. The van der Waals surface area contributed by atoms with Gasteiger partial charge < -0.3 is 35.4 Å². The molecule has 3 aromatic rings. The number of ether oxygens (including phenoxy) is 1. The molecule has 2 aromatic heterocycles. The van der Waals surface area contributed by atoms with Crippen LogP contribution < -0.4 is 10.5 Å². The smallest absolute Gasteiger partial charge is 0.303 e. The van der Waals surface area contributed by atoms with Crippen molar-refractivity contribution in [1.82, 2.24) is 10.1 Å². The van der Waals surface area contributed by atoms with E-state index in [1.807, 2.05) is 26.0 Å². The maximum atomic E-state index is 10.7. The average molecular weight is 482 g/mol. The number of benzene rings is 1. The number of carboxylic acid groups (broad SMARTS) is 1. The molecule has 6 N–H and O–H groups in total. The van der Waals surface area contributed by atoms with Gasteiger partial charge in [-0.15, -0.1) is 0 Å². The molecule has 2 heterocycles. The molecule has 11 heteroatoms. The predicted octanol–water partition coefficient (Wildman–Crippen LogP) is 2.00. The van der Waals surface area contributed by atoms with Crippen molar-refractivity contribution in [2.24, 2.45) is 5.73 Å². The summed E-state index contributed by atoms with van der Waals surface area (Å²) >= 11 is 6.32. The number of pyridine rings is 1. The topological polar surface area (TPSA) is 172 Å². The quantitative estimate of drug-likeness (QED) is 0.304. The summed E-state index contributed by atoms with van der Waals surface area (Å²) in [7, 11) is 0. The van der Waals surface area contributed by atoms with Crippen molar-refractivity contribution in [3.8, 4) is 5.75 Å². The molecular weight excluding hydrogens is 454 g/mol. The Labute approximate surface area is 195 Å². The lowest BCUT2D eigenvalue weighted by atomic mass is 10.1. The van der Waals surface area contributed by atoms with Crippen LogP contribution in [0.1, 0.15) is 36.4 Å². The summed E-state index contributed by atoms with van der Waals surface area (Å²) in [6.07, 6.45) is 1.76. The van der Waals surface area contributed by atoms with Gasteiger partial charge in [0.1, 0.15) is 11.9 Å². The van der Waals surface area contributed by atoms with Gasteiger partial charge >= 0.3 is 5.97 Å². The van der Waals surface area contributed by atoms with E-state index in [0.717, 1.165) is 11.3 Å². The monoisotopic (exact) mass is 481 g/mol. The van der Waals surface area contributed by atoms with Crippen LogP contribution in [0.5, 0.6) is 5.75 Å². The third-order valence-corrected chi connectivity index (χ3v) is 5.07. The minimum absolute atomic E-state index is 0.0202. The highest BCUT2D eigenvalue weighted by Gasteiger charge is 2.21. The molecule has 0 aliphatic heterocycles. The molecule has 0 saturated heterocycles.